The SMILES string of the molecule is CCC(F)Cn1cc(Cl)cn1. The van der Waals surface area contributed by atoms with Gasteiger partial charge in [-0.05, 0) is 6.42 Å². The van der Waals surface area contributed by atoms with Gasteiger partial charge in [-0.3, -0.25) is 4.68 Å². The Balaban J connectivity index is 2.50. The maximum Gasteiger partial charge on any atom is 0.119 e. The minimum absolute atomic E-state index is 0.295. The first kappa shape index (κ1) is 8.53. The molecule has 1 aromatic heterocycles. The van der Waals surface area contributed by atoms with E-state index in [4.69, 9.17) is 11.6 Å². The van der Waals surface area contributed by atoms with Gasteiger partial charge in [-0.25, -0.2) is 4.39 Å². The van der Waals surface area contributed by atoms with E-state index < -0.39 is 6.17 Å². The van der Waals surface area contributed by atoms with Crippen LogP contribution < -0.4 is 0 Å². The highest BCUT2D eigenvalue weighted by molar-refractivity contribution is 6.30. The smallest absolute Gasteiger partial charge is 0.119 e. The molecule has 0 N–H and O–H groups in total. The van der Waals surface area contributed by atoms with Gasteiger partial charge >= 0.3 is 0 Å². The summed E-state index contributed by atoms with van der Waals surface area (Å²) in [4.78, 5) is 0. The Bertz CT molecular complexity index is 224. The molecule has 0 saturated carbocycles. The maximum absolute atomic E-state index is 12.7. The van der Waals surface area contributed by atoms with Crippen LogP contribution >= 0.6 is 11.6 Å². The van der Waals surface area contributed by atoms with E-state index in [-0.39, 0.29) is 0 Å². The molecule has 1 rings (SSSR count). The van der Waals surface area contributed by atoms with Crippen molar-refractivity contribution in [1.29, 1.82) is 0 Å². The number of nitrogens with zero attached hydrogens (tertiary/aromatic N) is 2. The minimum Gasteiger partial charge on any atom is -0.268 e. The minimum atomic E-state index is -0.828. The number of halogens is 2. The van der Waals surface area contributed by atoms with Gasteiger partial charge in [0.15, 0.2) is 0 Å². The lowest BCUT2D eigenvalue weighted by atomic mass is 10.3. The van der Waals surface area contributed by atoms with Crippen LogP contribution in [0.1, 0.15) is 13.3 Å². The molecule has 2 nitrogen and oxygen atoms in total. The first-order valence-corrected chi connectivity index (χ1v) is 3.92. The van der Waals surface area contributed by atoms with Crippen LogP contribution in [0.25, 0.3) is 0 Å². The fourth-order valence-electron chi connectivity index (χ4n) is 0.770. The summed E-state index contributed by atoms with van der Waals surface area (Å²) in [6.45, 7) is 2.10. The zero-order valence-electron chi connectivity index (χ0n) is 6.30. The first-order chi connectivity index (χ1) is 5.22. The molecule has 0 aliphatic heterocycles. The van der Waals surface area contributed by atoms with Crippen molar-refractivity contribution in [3.8, 4) is 0 Å². The van der Waals surface area contributed by atoms with Crippen molar-refractivity contribution in [3.63, 3.8) is 0 Å². The molecule has 0 aliphatic rings. The van der Waals surface area contributed by atoms with Gasteiger partial charge < -0.3 is 0 Å². The van der Waals surface area contributed by atoms with E-state index in [9.17, 15) is 4.39 Å². The second-order valence-corrected chi connectivity index (χ2v) is 2.82. The Hall–Kier alpha value is -0.570. The monoisotopic (exact) mass is 176 g/mol. The Labute approximate surface area is 70.0 Å². The third kappa shape index (κ3) is 2.50. The molecule has 0 fully saturated rings. The normalized spacial score (nSPS) is 13.4. The molecule has 0 aliphatic carbocycles. The number of hydrogen-bond acceptors (Lipinski definition) is 1. The van der Waals surface area contributed by atoms with Gasteiger partial charge in [0.2, 0.25) is 0 Å². The molecule has 0 amide bonds. The Kier molecular flexibility index (Phi) is 2.88. The standard InChI is InChI=1S/C7H10ClFN2/c1-2-7(9)5-11-4-6(8)3-10-11/h3-4,7H,2,5H2,1H3. The zero-order valence-corrected chi connectivity index (χ0v) is 7.05. The lowest BCUT2D eigenvalue weighted by Crippen LogP contribution is -2.10. The Morgan fingerprint density at radius 2 is 2.55 bits per heavy atom. The fourth-order valence-corrected chi connectivity index (χ4v) is 0.927. The van der Waals surface area contributed by atoms with Crippen LogP contribution in [0.15, 0.2) is 12.4 Å². The van der Waals surface area contributed by atoms with E-state index in [0.717, 1.165) is 0 Å². The summed E-state index contributed by atoms with van der Waals surface area (Å²) in [5.74, 6) is 0. The number of aromatic nitrogens is 2. The fraction of sp³-hybridized carbons (Fsp3) is 0.571. The molecule has 1 aromatic rings. The van der Waals surface area contributed by atoms with Crippen molar-refractivity contribution >= 4 is 11.6 Å². The molecule has 1 unspecified atom stereocenters. The molecule has 11 heavy (non-hydrogen) atoms. The summed E-state index contributed by atoms with van der Waals surface area (Å²) in [5, 5.41) is 4.40. The Morgan fingerprint density at radius 3 is 3.00 bits per heavy atom. The van der Waals surface area contributed by atoms with E-state index in [1.54, 1.807) is 13.1 Å². The van der Waals surface area contributed by atoms with Crippen molar-refractivity contribution in [2.24, 2.45) is 0 Å². The van der Waals surface area contributed by atoms with Gasteiger partial charge in [0.25, 0.3) is 0 Å². The highest BCUT2D eigenvalue weighted by Crippen LogP contribution is 2.07. The van der Waals surface area contributed by atoms with Crippen LogP contribution in [0, 0.1) is 0 Å². The van der Waals surface area contributed by atoms with E-state index in [0.29, 0.717) is 18.0 Å². The lowest BCUT2D eigenvalue weighted by molar-refractivity contribution is 0.277. The van der Waals surface area contributed by atoms with Crippen LogP contribution in [0.3, 0.4) is 0 Å². The average Bonchev–Trinajstić information content (AvgIpc) is 2.35. The average molecular weight is 177 g/mol. The molecule has 1 heterocycles. The van der Waals surface area contributed by atoms with Crippen LogP contribution in [-0.2, 0) is 6.54 Å². The summed E-state index contributed by atoms with van der Waals surface area (Å²) >= 11 is 5.58. The van der Waals surface area contributed by atoms with Crippen molar-refractivity contribution in [2.75, 3.05) is 0 Å². The van der Waals surface area contributed by atoms with Crippen molar-refractivity contribution in [2.45, 2.75) is 26.1 Å². The van der Waals surface area contributed by atoms with Crippen molar-refractivity contribution in [1.82, 2.24) is 9.78 Å². The largest absolute Gasteiger partial charge is 0.268 e. The molecule has 0 bridgehead atoms. The summed E-state index contributed by atoms with van der Waals surface area (Å²) in [6.07, 6.45) is 2.80. The van der Waals surface area contributed by atoms with Crippen molar-refractivity contribution < 1.29 is 4.39 Å². The van der Waals surface area contributed by atoms with Crippen LogP contribution in [0.4, 0.5) is 4.39 Å². The molecule has 4 heteroatoms. The van der Waals surface area contributed by atoms with Gasteiger partial charge in [0.05, 0.1) is 17.8 Å². The van der Waals surface area contributed by atoms with Crippen LogP contribution in [0.5, 0.6) is 0 Å². The highest BCUT2D eigenvalue weighted by Gasteiger charge is 2.04. The molecule has 0 spiro atoms. The molecule has 0 aromatic carbocycles. The summed E-state index contributed by atoms with van der Waals surface area (Å²) < 4.78 is 14.2. The predicted octanol–water partition coefficient (Wildman–Crippen LogP) is 2.28. The summed E-state index contributed by atoms with van der Waals surface area (Å²) in [5.41, 5.74) is 0. The first-order valence-electron chi connectivity index (χ1n) is 3.54. The quantitative estimate of drug-likeness (QED) is 0.691. The molecule has 62 valence electrons. The van der Waals surface area contributed by atoms with E-state index in [1.165, 1.54) is 10.9 Å². The number of rotatable bonds is 3. The van der Waals surface area contributed by atoms with Gasteiger partial charge in [-0.1, -0.05) is 18.5 Å². The summed E-state index contributed by atoms with van der Waals surface area (Å²) in [6, 6.07) is 0. The van der Waals surface area contributed by atoms with Gasteiger partial charge in [-0.15, -0.1) is 0 Å². The van der Waals surface area contributed by atoms with Crippen molar-refractivity contribution in [3.05, 3.63) is 17.4 Å². The number of hydrogen-bond donors (Lipinski definition) is 0. The molecule has 0 radical (unpaired) electrons. The second-order valence-electron chi connectivity index (χ2n) is 2.39. The van der Waals surface area contributed by atoms with Gasteiger partial charge in [0.1, 0.15) is 6.17 Å². The Morgan fingerprint density at radius 1 is 1.82 bits per heavy atom. The van der Waals surface area contributed by atoms with Gasteiger partial charge in [0, 0.05) is 6.20 Å². The maximum atomic E-state index is 12.7. The van der Waals surface area contributed by atoms with Gasteiger partial charge in [-0.2, -0.15) is 5.10 Å². The summed E-state index contributed by atoms with van der Waals surface area (Å²) in [7, 11) is 0. The van der Waals surface area contributed by atoms with E-state index in [2.05, 4.69) is 5.10 Å². The highest BCUT2D eigenvalue weighted by atomic mass is 35.5. The van der Waals surface area contributed by atoms with E-state index in [1.807, 2.05) is 0 Å². The third-order valence-electron chi connectivity index (χ3n) is 1.43. The van der Waals surface area contributed by atoms with Crippen LogP contribution in [-0.4, -0.2) is 16.0 Å². The third-order valence-corrected chi connectivity index (χ3v) is 1.63. The van der Waals surface area contributed by atoms with E-state index >= 15 is 0 Å². The molecular weight excluding hydrogens is 167 g/mol. The molecule has 0 saturated heterocycles. The topological polar surface area (TPSA) is 17.8 Å². The molecular formula is C7H10ClFN2. The molecule has 1 atom stereocenters. The van der Waals surface area contributed by atoms with Crippen LogP contribution in [0.2, 0.25) is 5.02 Å². The predicted molar refractivity (Wildman–Crippen MR) is 42.4 cm³/mol. The number of alkyl halides is 1. The lowest BCUT2D eigenvalue weighted by Gasteiger charge is -2.03. The zero-order chi connectivity index (χ0) is 8.27. The second kappa shape index (κ2) is 3.72.